The summed E-state index contributed by atoms with van der Waals surface area (Å²) in [6.45, 7) is 0.687. The number of thiocarbonyl (C=S) groups is 1. The van der Waals surface area contributed by atoms with E-state index in [-0.39, 0.29) is 12.3 Å². The van der Waals surface area contributed by atoms with Crippen molar-refractivity contribution in [1.29, 1.82) is 0 Å². The molecule has 0 saturated carbocycles. The second-order valence-electron chi connectivity index (χ2n) is 8.34. The number of hydrogen-bond donors (Lipinski definition) is 1. The number of rotatable bonds is 10. The fourth-order valence-corrected chi connectivity index (χ4v) is 5.71. The zero-order valence-corrected chi connectivity index (χ0v) is 23.4. The maximum absolute atomic E-state index is 13.1. The summed E-state index contributed by atoms with van der Waals surface area (Å²) >= 11 is 19.1. The molecule has 1 aliphatic heterocycles. The number of carboxylic acid groups (broad SMARTS) is 1. The van der Waals surface area contributed by atoms with Gasteiger partial charge >= 0.3 is 5.97 Å². The van der Waals surface area contributed by atoms with Gasteiger partial charge in [-0.2, -0.15) is 0 Å². The van der Waals surface area contributed by atoms with Crippen molar-refractivity contribution in [2.45, 2.75) is 12.8 Å². The van der Waals surface area contributed by atoms with Crippen LogP contribution in [-0.4, -0.2) is 46.5 Å². The first-order chi connectivity index (χ1) is 18.2. The molecule has 0 aromatic heterocycles. The number of thioether (sulfide) groups is 1. The number of carboxylic acids is 1. The third kappa shape index (κ3) is 6.88. The Kier molecular flexibility index (Phi) is 9.33. The van der Waals surface area contributed by atoms with Gasteiger partial charge in [0, 0.05) is 22.2 Å². The second kappa shape index (κ2) is 12.7. The molecule has 3 aromatic rings. The van der Waals surface area contributed by atoms with Crippen molar-refractivity contribution in [2.75, 3.05) is 20.3 Å². The number of methoxy groups -OCH3 is 1. The molecule has 1 heterocycles. The van der Waals surface area contributed by atoms with Crippen LogP contribution in [0.25, 0.3) is 17.2 Å². The van der Waals surface area contributed by atoms with Crippen molar-refractivity contribution < 1.29 is 24.2 Å². The van der Waals surface area contributed by atoms with Crippen LogP contribution >= 0.6 is 47.2 Å². The summed E-state index contributed by atoms with van der Waals surface area (Å²) in [5.41, 5.74) is 3.23. The fourth-order valence-electron chi connectivity index (χ4n) is 3.89. The minimum atomic E-state index is -0.927. The van der Waals surface area contributed by atoms with Gasteiger partial charge in [0.2, 0.25) is 0 Å². The molecule has 10 heteroatoms. The van der Waals surface area contributed by atoms with Crippen LogP contribution in [0.15, 0.2) is 65.6 Å². The minimum absolute atomic E-state index is 0.112. The highest BCUT2D eigenvalue weighted by molar-refractivity contribution is 8.26. The first-order valence-electron chi connectivity index (χ1n) is 11.6. The van der Waals surface area contributed by atoms with Crippen molar-refractivity contribution in [3.63, 3.8) is 0 Å². The Morgan fingerprint density at radius 1 is 1.11 bits per heavy atom. The number of halogens is 2. The normalized spacial score (nSPS) is 14.3. The third-order valence-corrected chi connectivity index (χ3v) is 7.59. The number of hydrogen-bond acceptors (Lipinski definition) is 6. The quantitative estimate of drug-likeness (QED) is 0.156. The molecule has 0 atom stereocenters. The van der Waals surface area contributed by atoms with Gasteiger partial charge in [-0.1, -0.05) is 77.5 Å². The SMILES string of the molecule is COc1ccc(CC(=O)O)cc1OCCCN1C(=O)/C(=C/c2cccc(-c3ccc(Cl)cc3Cl)c2)SC1=S. The Hall–Kier alpha value is -3.04. The summed E-state index contributed by atoms with van der Waals surface area (Å²) in [4.78, 5) is 26.2. The second-order valence-corrected chi connectivity index (χ2v) is 10.9. The van der Waals surface area contributed by atoms with Crippen LogP contribution in [0, 0.1) is 0 Å². The molecule has 0 spiro atoms. The average Bonchev–Trinajstić information content (AvgIpc) is 3.13. The van der Waals surface area contributed by atoms with E-state index in [1.165, 1.54) is 18.9 Å². The lowest BCUT2D eigenvalue weighted by atomic mass is 10.0. The molecule has 3 aromatic carbocycles. The van der Waals surface area contributed by atoms with Crippen molar-refractivity contribution in [1.82, 2.24) is 4.90 Å². The summed E-state index contributed by atoms with van der Waals surface area (Å²) in [5, 5.41) is 10.1. The van der Waals surface area contributed by atoms with Crippen LogP contribution in [0.5, 0.6) is 11.5 Å². The number of nitrogens with zero attached hydrogens (tertiary/aromatic N) is 1. The van der Waals surface area contributed by atoms with E-state index in [1.54, 1.807) is 35.2 Å². The van der Waals surface area contributed by atoms with Crippen LogP contribution < -0.4 is 9.47 Å². The number of ether oxygens (including phenoxy) is 2. The van der Waals surface area contributed by atoms with E-state index in [0.29, 0.717) is 55.9 Å². The summed E-state index contributed by atoms with van der Waals surface area (Å²) in [6, 6.07) is 18.1. The van der Waals surface area contributed by atoms with E-state index in [0.717, 1.165) is 16.7 Å². The molecule has 1 aliphatic rings. The third-order valence-electron chi connectivity index (χ3n) is 5.67. The average molecular weight is 589 g/mol. The molecule has 0 aliphatic carbocycles. The molecular weight excluding hydrogens is 565 g/mol. The summed E-state index contributed by atoms with van der Waals surface area (Å²) in [6.07, 6.45) is 2.23. The Labute approximate surface area is 240 Å². The van der Waals surface area contributed by atoms with Gasteiger partial charge in [-0.05, 0) is 59.5 Å². The number of aliphatic carboxylic acids is 1. The van der Waals surface area contributed by atoms with Gasteiger partial charge in [0.15, 0.2) is 11.5 Å². The Bertz CT molecular complexity index is 1430. The standard InChI is InChI=1S/C28H23Cl2NO5S2/c1-35-23-9-6-18(15-26(32)33)13-24(23)36-11-3-10-31-27(34)25(38-28(31)37)14-17-4-2-5-19(12-17)21-8-7-20(29)16-22(21)30/h2,4-9,12-14,16H,3,10-11,15H2,1H3,(H,32,33)/b25-14-. The molecule has 0 radical (unpaired) electrons. The molecule has 196 valence electrons. The lowest BCUT2D eigenvalue weighted by Crippen LogP contribution is -2.29. The highest BCUT2D eigenvalue weighted by atomic mass is 35.5. The van der Waals surface area contributed by atoms with Gasteiger partial charge in [0.05, 0.1) is 25.0 Å². The summed E-state index contributed by atoms with van der Waals surface area (Å²) < 4.78 is 11.6. The first kappa shape index (κ1) is 28.0. The van der Waals surface area contributed by atoms with Crippen LogP contribution in [0.1, 0.15) is 17.5 Å². The summed E-state index contributed by atoms with van der Waals surface area (Å²) in [5.74, 6) is -0.119. The van der Waals surface area contributed by atoms with Crippen molar-refractivity contribution in [2.24, 2.45) is 0 Å². The molecule has 38 heavy (non-hydrogen) atoms. The van der Waals surface area contributed by atoms with Crippen LogP contribution in [-0.2, 0) is 16.0 Å². The fraction of sp³-hybridized carbons (Fsp3) is 0.179. The van der Waals surface area contributed by atoms with E-state index in [2.05, 4.69) is 0 Å². The van der Waals surface area contributed by atoms with Crippen LogP contribution in [0.4, 0.5) is 0 Å². The van der Waals surface area contributed by atoms with Gasteiger partial charge < -0.3 is 14.6 Å². The Morgan fingerprint density at radius 2 is 1.92 bits per heavy atom. The van der Waals surface area contributed by atoms with Gasteiger partial charge in [-0.3, -0.25) is 14.5 Å². The molecular formula is C28H23Cl2NO5S2. The first-order valence-corrected chi connectivity index (χ1v) is 13.6. The number of carbonyl (C=O) groups excluding carboxylic acids is 1. The topological polar surface area (TPSA) is 76.1 Å². The van der Waals surface area contributed by atoms with Gasteiger partial charge in [0.1, 0.15) is 4.32 Å². The molecule has 0 unspecified atom stereocenters. The lowest BCUT2D eigenvalue weighted by molar-refractivity contribution is -0.136. The van der Waals surface area contributed by atoms with Gasteiger partial charge in [0.25, 0.3) is 5.91 Å². The molecule has 1 saturated heterocycles. The minimum Gasteiger partial charge on any atom is -0.493 e. The highest BCUT2D eigenvalue weighted by Gasteiger charge is 2.31. The summed E-state index contributed by atoms with van der Waals surface area (Å²) in [7, 11) is 1.52. The molecule has 0 bridgehead atoms. The van der Waals surface area contributed by atoms with E-state index in [1.807, 2.05) is 36.4 Å². The van der Waals surface area contributed by atoms with E-state index in [9.17, 15) is 9.59 Å². The maximum atomic E-state index is 13.1. The Morgan fingerprint density at radius 3 is 2.66 bits per heavy atom. The number of amides is 1. The largest absolute Gasteiger partial charge is 0.493 e. The lowest BCUT2D eigenvalue weighted by Gasteiger charge is -2.16. The number of benzene rings is 3. The van der Waals surface area contributed by atoms with E-state index < -0.39 is 5.97 Å². The molecule has 1 fully saturated rings. The zero-order chi connectivity index (χ0) is 27.2. The monoisotopic (exact) mass is 587 g/mol. The van der Waals surface area contributed by atoms with Crippen molar-refractivity contribution in [3.8, 4) is 22.6 Å². The molecule has 1 amide bonds. The number of carbonyl (C=O) groups is 2. The van der Waals surface area contributed by atoms with Crippen LogP contribution in [0.2, 0.25) is 10.0 Å². The van der Waals surface area contributed by atoms with E-state index in [4.69, 9.17) is 50.0 Å². The van der Waals surface area contributed by atoms with Crippen LogP contribution in [0.3, 0.4) is 0 Å². The highest BCUT2D eigenvalue weighted by Crippen LogP contribution is 2.35. The Balaban J connectivity index is 1.39. The van der Waals surface area contributed by atoms with E-state index >= 15 is 0 Å². The molecule has 1 N–H and O–H groups in total. The van der Waals surface area contributed by atoms with Crippen molar-refractivity contribution >= 4 is 69.5 Å². The predicted octanol–water partition coefficient (Wildman–Crippen LogP) is 6.97. The van der Waals surface area contributed by atoms with Gasteiger partial charge in [-0.25, -0.2) is 0 Å². The molecule has 6 nitrogen and oxygen atoms in total. The maximum Gasteiger partial charge on any atom is 0.307 e. The zero-order valence-electron chi connectivity index (χ0n) is 20.3. The smallest absolute Gasteiger partial charge is 0.307 e. The van der Waals surface area contributed by atoms with Gasteiger partial charge in [-0.15, -0.1) is 0 Å². The predicted molar refractivity (Wildman–Crippen MR) is 156 cm³/mol. The molecule has 4 rings (SSSR count). The van der Waals surface area contributed by atoms with Crippen molar-refractivity contribution in [3.05, 3.63) is 86.7 Å².